The summed E-state index contributed by atoms with van der Waals surface area (Å²) in [6, 6.07) is 14.7. The van der Waals surface area contributed by atoms with Gasteiger partial charge in [-0.2, -0.15) is 0 Å². The number of aryl methyl sites for hydroxylation is 1. The number of esters is 1. The summed E-state index contributed by atoms with van der Waals surface area (Å²) in [4.78, 5) is 38.2. The van der Waals surface area contributed by atoms with Crippen LogP contribution in [-0.4, -0.2) is 55.7 Å². The van der Waals surface area contributed by atoms with Gasteiger partial charge in [-0.1, -0.05) is 30.3 Å². The number of nitrogens with zero attached hydrogens (tertiary/aromatic N) is 1. The SMILES string of the molecule is CSc1ccccc1NC(=O)CN(C)C(=O)COC(=O)COc1ccccc1C. The van der Waals surface area contributed by atoms with Crippen LogP contribution >= 0.6 is 11.8 Å². The number of likely N-dealkylation sites (N-methyl/N-ethyl adjacent to an activating group) is 1. The molecular formula is C21H24N2O5S. The normalized spacial score (nSPS) is 10.2. The van der Waals surface area contributed by atoms with Crippen LogP contribution < -0.4 is 10.1 Å². The summed E-state index contributed by atoms with van der Waals surface area (Å²) >= 11 is 1.51. The van der Waals surface area contributed by atoms with Gasteiger partial charge in [0.05, 0.1) is 12.2 Å². The maximum atomic E-state index is 12.2. The van der Waals surface area contributed by atoms with E-state index < -0.39 is 18.5 Å². The third-order valence-electron chi connectivity index (χ3n) is 3.98. The van der Waals surface area contributed by atoms with Crippen LogP contribution in [0.3, 0.4) is 0 Å². The number of thioether (sulfide) groups is 1. The average Bonchev–Trinajstić information content (AvgIpc) is 2.71. The third-order valence-corrected chi connectivity index (χ3v) is 4.78. The average molecular weight is 416 g/mol. The van der Waals surface area contributed by atoms with Gasteiger partial charge < -0.3 is 19.7 Å². The van der Waals surface area contributed by atoms with Crippen molar-refractivity contribution >= 4 is 35.2 Å². The number of benzene rings is 2. The topological polar surface area (TPSA) is 84.9 Å². The van der Waals surface area contributed by atoms with Crippen LogP contribution in [-0.2, 0) is 19.1 Å². The van der Waals surface area contributed by atoms with E-state index in [0.29, 0.717) is 11.4 Å². The molecule has 2 amide bonds. The molecule has 0 bridgehead atoms. The van der Waals surface area contributed by atoms with Crippen LogP contribution in [0.25, 0.3) is 0 Å². The summed E-state index contributed by atoms with van der Waals surface area (Å²) in [6.07, 6.45) is 1.91. The van der Waals surface area contributed by atoms with E-state index in [4.69, 9.17) is 9.47 Å². The fraction of sp³-hybridized carbons (Fsp3) is 0.286. The molecule has 0 aliphatic carbocycles. The van der Waals surface area contributed by atoms with Crippen LogP contribution in [0.15, 0.2) is 53.4 Å². The Morgan fingerprint density at radius 2 is 1.72 bits per heavy atom. The Morgan fingerprint density at radius 3 is 2.45 bits per heavy atom. The number of amides is 2. The van der Waals surface area contributed by atoms with E-state index >= 15 is 0 Å². The van der Waals surface area contributed by atoms with Gasteiger partial charge in [0, 0.05) is 11.9 Å². The minimum absolute atomic E-state index is 0.154. The number of carbonyl (C=O) groups excluding carboxylic acids is 3. The molecule has 0 heterocycles. The summed E-state index contributed by atoms with van der Waals surface area (Å²) in [5.41, 5.74) is 1.58. The van der Waals surface area contributed by atoms with Crippen molar-refractivity contribution < 1.29 is 23.9 Å². The standard InChI is InChI=1S/C21H24N2O5S/c1-15-8-4-6-10-17(15)27-14-21(26)28-13-20(25)23(2)12-19(24)22-16-9-5-7-11-18(16)29-3/h4-11H,12-14H2,1-3H3,(H,22,24). The number of para-hydroxylation sites is 2. The lowest BCUT2D eigenvalue weighted by molar-refractivity contribution is -0.153. The summed E-state index contributed by atoms with van der Waals surface area (Å²) in [5, 5.41) is 2.77. The van der Waals surface area contributed by atoms with Crippen molar-refractivity contribution in [3.63, 3.8) is 0 Å². The number of anilines is 1. The minimum Gasteiger partial charge on any atom is -0.482 e. The molecule has 0 saturated carbocycles. The highest BCUT2D eigenvalue weighted by atomic mass is 32.2. The first-order valence-electron chi connectivity index (χ1n) is 8.91. The number of ether oxygens (including phenoxy) is 2. The van der Waals surface area contributed by atoms with Gasteiger partial charge in [0.25, 0.3) is 5.91 Å². The fourth-order valence-electron chi connectivity index (χ4n) is 2.39. The van der Waals surface area contributed by atoms with Gasteiger partial charge in [-0.05, 0) is 36.9 Å². The summed E-state index contributed by atoms with van der Waals surface area (Å²) < 4.78 is 10.3. The molecule has 2 rings (SSSR count). The van der Waals surface area contributed by atoms with Crippen LogP contribution in [0.1, 0.15) is 5.56 Å². The predicted octanol–water partition coefficient (Wildman–Crippen LogP) is 2.74. The zero-order chi connectivity index (χ0) is 21.2. The van der Waals surface area contributed by atoms with Crippen LogP contribution in [0.4, 0.5) is 5.69 Å². The maximum absolute atomic E-state index is 12.2. The number of carbonyl (C=O) groups is 3. The summed E-state index contributed by atoms with van der Waals surface area (Å²) in [5.74, 6) is -0.900. The second-order valence-corrected chi connectivity index (χ2v) is 7.06. The maximum Gasteiger partial charge on any atom is 0.344 e. The lowest BCUT2D eigenvalue weighted by Gasteiger charge is -2.17. The van der Waals surface area contributed by atoms with Gasteiger partial charge >= 0.3 is 5.97 Å². The van der Waals surface area contributed by atoms with E-state index in [1.807, 2.05) is 43.5 Å². The van der Waals surface area contributed by atoms with Crippen LogP contribution in [0.2, 0.25) is 0 Å². The molecule has 0 aromatic heterocycles. The molecule has 29 heavy (non-hydrogen) atoms. The van der Waals surface area contributed by atoms with Crippen LogP contribution in [0.5, 0.6) is 5.75 Å². The summed E-state index contributed by atoms with van der Waals surface area (Å²) in [6.45, 7) is 0.954. The molecule has 2 aromatic carbocycles. The zero-order valence-corrected chi connectivity index (χ0v) is 17.5. The molecule has 8 heteroatoms. The molecule has 0 aliphatic heterocycles. The Balaban J connectivity index is 1.74. The molecule has 0 aliphatic rings. The molecule has 0 atom stereocenters. The third kappa shape index (κ3) is 7.15. The lowest BCUT2D eigenvalue weighted by Crippen LogP contribution is -2.37. The van der Waals surface area contributed by atoms with Gasteiger partial charge in [-0.15, -0.1) is 11.8 Å². The van der Waals surface area contributed by atoms with Gasteiger partial charge in [-0.25, -0.2) is 4.79 Å². The van der Waals surface area contributed by atoms with E-state index in [-0.39, 0.29) is 19.1 Å². The Hall–Kier alpha value is -3.00. The second kappa shape index (κ2) is 11.1. The predicted molar refractivity (Wildman–Crippen MR) is 112 cm³/mol. The molecule has 0 unspecified atom stereocenters. The highest BCUT2D eigenvalue weighted by molar-refractivity contribution is 7.98. The molecular weight excluding hydrogens is 392 g/mol. The molecule has 154 valence electrons. The quantitative estimate of drug-likeness (QED) is 0.500. The van der Waals surface area contributed by atoms with E-state index in [0.717, 1.165) is 10.5 Å². The molecule has 7 nitrogen and oxygen atoms in total. The van der Waals surface area contributed by atoms with E-state index in [9.17, 15) is 14.4 Å². The van der Waals surface area contributed by atoms with Crippen molar-refractivity contribution in [1.29, 1.82) is 0 Å². The van der Waals surface area contributed by atoms with Crippen molar-refractivity contribution in [3.8, 4) is 5.75 Å². The Kier molecular flexibility index (Phi) is 8.54. The number of hydrogen-bond acceptors (Lipinski definition) is 6. The summed E-state index contributed by atoms with van der Waals surface area (Å²) in [7, 11) is 1.47. The molecule has 1 N–H and O–H groups in total. The Labute approximate surface area is 174 Å². The van der Waals surface area contributed by atoms with E-state index in [2.05, 4.69) is 5.32 Å². The molecule has 0 fully saturated rings. The molecule has 2 aromatic rings. The Morgan fingerprint density at radius 1 is 1.03 bits per heavy atom. The van der Waals surface area contributed by atoms with Crippen LogP contribution in [0, 0.1) is 6.92 Å². The fourth-order valence-corrected chi connectivity index (χ4v) is 2.94. The van der Waals surface area contributed by atoms with Gasteiger partial charge in [0.1, 0.15) is 5.75 Å². The van der Waals surface area contributed by atoms with E-state index in [1.165, 1.54) is 23.7 Å². The van der Waals surface area contributed by atoms with Crippen molar-refractivity contribution in [2.75, 3.05) is 38.4 Å². The van der Waals surface area contributed by atoms with Gasteiger partial charge in [0.2, 0.25) is 5.91 Å². The lowest BCUT2D eigenvalue weighted by atomic mass is 10.2. The molecule has 0 saturated heterocycles. The smallest absolute Gasteiger partial charge is 0.344 e. The van der Waals surface area contributed by atoms with Crippen molar-refractivity contribution in [1.82, 2.24) is 4.90 Å². The largest absolute Gasteiger partial charge is 0.482 e. The number of hydrogen-bond donors (Lipinski definition) is 1. The molecule has 0 radical (unpaired) electrons. The number of rotatable bonds is 9. The highest BCUT2D eigenvalue weighted by Gasteiger charge is 2.16. The second-order valence-electron chi connectivity index (χ2n) is 6.21. The molecule has 0 spiro atoms. The minimum atomic E-state index is -0.659. The first kappa shape index (κ1) is 22.3. The first-order valence-corrected chi connectivity index (χ1v) is 10.1. The van der Waals surface area contributed by atoms with Gasteiger partial charge in [-0.3, -0.25) is 9.59 Å². The van der Waals surface area contributed by atoms with Gasteiger partial charge in [0.15, 0.2) is 13.2 Å². The van der Waals surface area contributed by atoms with Crippen molar-refractivity contribution in [2.24, 2.45) is 0 Å². The first-order chi connectivity index (χ1) is 13.9. The van der Waals surface area contributed by atoms with Crippen molar-refractivity contribution in [2.45, 2.75) is 11.8 Å². The van der Waals surface area contributed by atoms with Crippen molar-refractivity contribution in [3.05, 3.63) is 54.1 Å². The number of nitrogens with one attached hydrogen (secondary N) is 1. The van der Waals surface area contributed by atoms with E-state index in [1.54, 1.807) is 18.2 Å². The monoisotopic (exact) mass is 416 g/mol. The highest BCUT2D eigenvalue weighted by Crippen LogP contribution is 2.24. The Bertz CT molecular complexity index is 872. The zero-order valence-electron chi connectivity index (χ0n) is 16.6.